The molecule has 17 heavy (non-hydrogen) atoms. The Labute approximate surface area is 98.4 Å². The highest BCUT2D eigenvalue weighted by Crippen LogP contribution is 2.09. The molecule has 0 radical (unpaired) electrons. The molecule has 1 aromatic carbocycles. The second-order valence-electron chi connectivity index (χ2n) is 3.29. The van der Waals surface area contributed by atoms with E-state index in [1.54, 1.807) is 17.1 Å². The average Bonchev–Trinajstić information content (AvgIpc) is 2.90. The first kappa shape index (κ1) is 11.1. The largest absolute Gasteiger partial charge is 0.466 e. The fraction of sp³-hybridized carbons (Fsp3) is 0.0833. The molecule has 0 spiro atoms. The van der Waals surface area contributed by atoms with Crippen molar-refractivity contribution in [1.29, 1.82) is 0 Å². The smallest absolute Gasteiger partial charge is 0.330 e. The summed E-state index contributed by atoms with van der Waals surface area (Å²) in [6.07, 6.45) is 6.17. The highest BCUT2D eigenvalue weighted by atomic mass is 16.5. The maximum Gasteiger partial charge on any atom is 0.330 e. The van der Waals surface area contributed by atoms with Crippen molar-refractivity contribution in [3.63, 3.8) is 0 Å². The van der Waals surface area contributed by atoms with Crippen LogP contribution in [0.15, 0.2) is 43.0 Å². The van der Waals surface area contributed by atoms with Gasteiger partial charge < -0.3 is 4.74 Å². The molecular formula is C12H11N3O2. The van der Waals surface area contributed by atoms with Crippen LogP contribution in [0.2, 0.25) is 0 Å². The maximum atomic E-state index is 10.9. The van der Waals surface area contributed by atoms with Crippen LogP contribution in [0.25, 0.3) is 11.8 Å². The van der Waals surface area contributed by atoms with Gasteiger partial charge in [-0.3, -0.25) is 0 Å². The van der Waals surface area contributed by atoms with Gasteiger partial charge in [-0.25, -0.2) is 14.5 Å². The second-order valence-corrected chi connectivity index (χ2v) is 3.29. The molecule has 5 heteroatoms. The van der Waals surface area contributed by atoms with Crippen molar-refractivity contribution in [2.75, 3.05) is 7.11 Å². The molecule has 0 aliphatic carbocycles. The van der Waals surface area contributed by atoms with Gasteiger partial charge in [-0.15, -0.1) is 0 Å². The molecule has 5 nitrogen and oxygen atoms in total. The van der Waals surface area contributed by atoms with Gasteiger partial charge in [-0.2, -0.15) is 5.10 Å². The summed E-state index contributed by atoms with van der Waals surface area (Å²) in [5, 5.41) is 4.02. The minimum Gasteiger partial charge on any atom is -0.466 e. The lowest BCUT2D eigenvalue weighted by atomic mass is 10.2. The summed E-state index contributed by atoms with van der Waals surface area (Å²) in [7, 11) is 1.35. The zero-order valence-corrected chi connectivity index (χ0v) is 9.28. The number of carbonyl (C=O) groups is 1. The van der Waals surface area contributed by atoms with E-state index in [1.807, 2.05) is 24.3 Å². The van der Waals surface area contributed by atoms with Gasteiger partial charge in [0.1, 0.15) is 12.7 Å². The lowest BCUT2D eigenvalue weighted by Gasteiger charge is -2.00. The molecule has 2 rings (SSSR count). The van der Waals surface area contributed by atoms with Gasteiger partial charge in [0.2, 0.25) is 0 Å². The van der Waals surface area contributed by atoms with Gasteiger partial charge in [0, 0.05) is 6.08 Å². The van der Waals surface area contributed by atoms with Crippen LogP contribution in [-0.2, 0) is 9.53 Å². The van der Waals surface area contributed by atoms with E-state index in [1.165, 1.54) is 19.5 Å². The number of esters is 1. The molecule has 0 fully saturated rings. The Bertz CT molecular complexity index is 515. The lowest BCUT2D eigenvalue weighted by Crippen LogP contribution is -1.94. The Morgan fingerprint density at radius 3 is 2.71 bits per heavy atom. The van der Waals surface area contributed by atoms with Gasteiger partial charge in [-0.05, 0) is 23.8 Å². The quantitative estimate of drug-likeness (QED) is 0.590. The third kappa shape index (κ3) is 2.78. The fourth-order valence-electron chi connectivity index (χ4n) is 1.31. The monoisotopic (exact) mass is 229 g/mol. The van der Waals surface area contributed by atoms with Gasteiger partial charge in [0.05, 0.1) is 12.8 Å². The number of benzene rings is 1. The summed E-state index contributed by atoms with van der Waals surface area (Å²) in [6.45, 7) is 0. The Morgan fingerprint density at radius 2 is 2.12 bits per heavy atom. The number of carbonyl (C=O) groups excluding carboxylic acids is 1. The van der Waals surface area contributed by atoms with E-state index in [0.717, 1.165) is 11.3 Å². The highest BCUT2D eigenvalue weighted by molar-refractivity contribution is 5.86. The molecular weight excluding hydrogens is 218 g/mol. The van der Waals surface area contributed by atoms with Crippen molar-refractivity contribution in [3.8, 4) is 5.69 Å². The third-order valence-corrected chi connectivity index (χ3v) is 2.19. The van der Waals surface area contributed by atoms with Crippen LogP contribution in [0, 0.1) is 0 Å². The lowest BCUT2D eigenvalue weighted by molar-refractivity contribution is -0.134. The zero-order valence-electron chi connectivity index (χ0n) is 9.28. The molecule has 2 aromatic rings. The molecule has 1 aromatic heterocycles. The Hall–Kier alpha value is -2.43. The van der Waals surface area contributed by atoms with Crippen molar-refractivity contribution in [1.82, 2.24) is 14.8 Å². The summed E-state index contributed by atoms with van der Waals surface area (Å²) in [4.78, 5) is 14.8. The molecule has 0 saturated heterocycles. The summed E-state index contributed by atoms with van der Waals surface area (Å²) in [5.41, 5.74) is 1.83. The topological polar surface area (TPSA) is 57.0 Å². The second kappa shape index (κ2) is 5.07. The maximum absolute atomic E-state index is 10.9. The Kier molecular flexibility index (Phi) is 3.30. The first-order chi connectivity index (χ1) is 8.29. The van der Waals surface area contributed by atoms with Crippen LogP contribution in [0.4, 0.5) is 0 Å². The van der Waals surface area contributed by atoms with E-state index < -0.39 is 0 Å². The summed E-state index contributed by atoms with van der Waals surface area (Å²) < 4.78 is 6.17. The molecule has 0 unspecified atom stereocenters. The Morgan fingerprint density at radius 1 is 1.35 bits per heavy atom. The van der Waals surface area contributed by atoms with Gasteiger partial charge >= 0.3 is 5.97 Å². The molecule has 0 bridgehead atoms. The number of ether oxygens (including phenoxy) is 1. The van der Waals surface area contributed by atoms with Gasteiger partial charge in [0.15, 0.2) is 0 Å². The van der Waals surface area contributed by atoms with E-state index >= 15 is 0 Å². The molecule has 0 amide bonds. The number of hydrogen-bond donors (Lipinski definition) is 0. The first-order valence-corrected chi connectivity index (χ1v) is 5.00. The number of rotatable bonds is 3. The number of hydrogen-bond acceptors (Lipinski definition) is 4. The predicted octanol–water partition coefficient (Wildman–Crippen LogP) is 1.45. The number of methoxy groups -OCH3 is 1. The van der Waals surface area contributed by atoms with E-state index in [-0.39, 0.29) is 5.97 Å². The van der Waals surface area contributed by atoms with Crippen LogP contribution in [0.1, 0.15) is 5.56 Å². The van der Waals surface area contributed by atoms with E-state index in [0.29, 0.717) is 0 Å². The van der Waals surface area contributed by atoms with Gasteiger partial charge in [0.25, 0.3) is 0 Å². The SMILES string of the molecule is COC(=O)C=Cc1ccc(-n2cncn2)cc1. The molecule has 86 valence electrons. The first-order valence-electron chi connectivity index (χ1n) is 5.00. The van der Waals surface area contributed by atoms with Crippen LogP contribution < -0.4 is 0 Å². The van der Waals surface area contributed by atoms with Crippen LogP contribution in [0.5, 0.6) is 0 Å². The molecule has 0 N–H and O–H groups in total. The third-order valence-electron chi connectivity index (χ3n) is 2.19. The fourth-order valence-corrected chi connectivity index (χ4v) is 1.31. The average molecular weight is 229 g/mol. The van der Waals surface area contributed by atoms with Gasteiger partial charge in [-0.1, -0.05) is 12.1 Å². The minimum absolute atomic E-state index is 0.370. The van der Waals surface area contributed by atoms with E-state index in [4.69, 9.17) is 0 Å². The molecule has 0 aliphatic heterocycles. The number of aromatic nitrogens is 3. The van der Waals surface area contributed by atoms with E-state index in [9.17, 15) is 4.79 Å². The van der Waals surface area contributed by atoms with Crippen molar-refractivity contribution in [2.24, 2.45) is 0 Å². The van der Waals surface area contributed by atoms with Crippen molar-refractivity contribution in [3.05, 3.63) is 48.6 Å². The summed E-state index contributed by atoms with van der Waals surface area (Å²) in [6, 6.07) is 7.56. The molecule has 0 atom stereocenters. The highest BCUT2D eigenvalue weighted by Gasteiger charge is 1.96. The summed E-state index contributed by atoms with van der Waals surface area (Å²) in [5.74, 6) is -0.370. The number of nitrogens with zero attached hydrogens (tertiary/aromatic N) is 3. The van der Waals surface area contributed by atoms with Crippen molar-refractivity contribution >= 4 is 12.0 Å². The predicted molar refractivity (Wildman–Crippen MR) is 62.4 cm³/mol. The van der Waals surface area contributed by atoms with Crippen LogP contribution >= 0.6 is 0 Å². The van der Waals surface area contributed by atoms with Crippen molar-refractivity contribution in [2.45, 2.75) is 0 Å². The standard InChI is InChI=1S/C12H11N3O2/c1-17-12(16)7-4-10-2-5-11(6-3-10)15-9-13-8-14-15/h2-9H,1H3. The normalized spacial score (nSPS) is 10.6. The zero-order chi connectivity index (χ0) is 12.1. The Balaban J connectivity index is 2.14. The molecule has 1 heterocycles. The van der Waals surface area contributed by atoms with E-state index in [2.05, 4.69) is 14.8 Å². The molecule has 0 aliphatic rings. The van der Waals surface area contributed by atoms with Crippen LogP contribution in [0.3, 0.4) is 0 Å². The van der Waals surface area contributed by atoms with Crippen LogP contribution in [-0.4, -0.2) is 27.8 Å². The summed E-state index contributed by atoms with van der Waals surface area (Å²) >= 11 is 0. The minimum atomic E-state index is -0.370. The molecule has 0 saturated carbocycles. The van der Waals surface area contributed by atoms with Crippen molar-refractivity contribution < 1.29 is 9.53 Å².